The van der Waals surface area contributed by atoms with Gasteiger partial charge in [0.2, 0.25) is 0 Å². The van der Waals surface area contributed by atoms with E-state index in [1.165, 1.54) is 12.1 Å². The second-order valence-electron chi connectivity index (χ2n) is 3.55. The van der Waals surface area contributed by atoms with Crippen molar-refractivity contribution in [3.8, 4) is 0 Å². The Morgan fingerprint density at radius 3 is 2.89 bits per heavy atom. The SMILES string of the molecule is CCOC(=O)Nc1nc2cc(F)ccc2nc1C=O. The van der Waals surface area contributed by atoms with Crippen LogP contribution in [0.3, 0.4) is 0 Å². The summed E-state index contributed by atoms with van der Waals surface area (Å²) in [4.78, 5) is 30.2. The highest BCUT2D eigenvalue weighted by atomic mass is 19.1. The maximum absolute atomic E-state index is 13.1. The van der Waals surface area contributed by atoms with Crippen molar-refractivity contribution in [2.75, 3.05) is 11.9 Å². The summed E-state index contributed by atoms with van der Waals surface area (Å²) in [5.41, 5.74) is 0.544. The third-order valence-electron chi connectivity index (χ3n) is 2.26. The smallest absolute Gasteiger partial charge is 0.412 e. The summed E-state index contributed by atoms with van der Waals surface area (Å²) in [6.07, 6.45) is -0.298. The molecule has 1 amide bonds. The molecule has 19 heavy (non-hydrogen) atoms. The number of aldehydes is 1. The number of nitrogens with one attached hydrogen (secondary N) is 1. The number of rotatable bonds is 3. The van der Waals surface area contributed by atoms with Crippen LogP contribution in [0, 0.1) is 5.82 Å². The van der Waals surface area contributed by atoms with Gasteiger partial charge >= 0.3 is 6.09 Å². The van der Waals surface area contributed by atoms with Crippen molar-refractivity contribution in [1.82, 2.24) is 9.97 Å². The molecule has 0 aliphatic heterocycles. The summed E-state index contributed by atoms with van der Waals surface area (Å²) >= 11 is 0. The van der Waals surface area contributed by atoms with Gasteiger partial charge < -0.3 is 4.74 Å². The van der Waals surface area contributed by atoms with Crippen molar-refractivity contribution in [2.45, 2.75) is 6.92 Å². The van der Waals surface area contributed by atoms with Crippen LogP contribution in [0.1, 0.15) is 17.4 Å². The topological polar surface area (TPSA) is 81.2 Å². The second-order valence-corrected chi connectivity index (χ2v) is 3.55. The van der Waals surface area contributed by atoms with Gasteiger partial charge in [-0.15, -0.1) is 0 Å². The maximum atomic E-state index is 13.1. The predicted molar refractivity (Wildman–Crippen MR) is 65.5 cm³/mol. The average molecular weight is 263 g/mol. The maximum Gasteiger partial charge on any atom is 0.412 e. The first-order valence-electron chi connectivity index (χ1n) is 5.50. The van der Waals surface area contributed by atoms with Crippen LogP contribution in [0.2, 0.25) is 0 Å². The van der Waals surface area contributed by atoms with Gasteiger partial charge in [0.1, 0.15) is 11.5 Å². The van der Waals surface area contributed by atoms with Crippen LogP contribution in [0.4, 0.5) is 15.0 Å². The quantitative estimate of drug-likeness (QED) is 0.858. The number of aromatic nitrogens is 2. The summed E-state index contributed by atoms with van der Waals surface area (Å²) < 4.78 is 17.8. The van der Waals surface area contributed by atoms with Crippen LogP contribution in [0.25, 0.3) is 11.0 Å². The molecule has 0 atom stereocenters. The number of anilines is 1. The first-order valence-corrected chi connectivity index (χ1v) is 5.50. The van der Waals surface area contributed by atoms with E-state index >= 15 is 0 Å². The van der Waals surface area contributed by atoms with Gasteiger partial charge in [-0.2, -0.15) is 0 Å². The molecule has 6 nitrogen and oxygen atoms in total. The molecule has 0 bridgehead atoms. The number of benzene rings is 1. The standard InChI is InChI=1S/C12H10FN3O3/c1-2-19-12(18)16-11-10(6-17)14-8-4-3-7(13)5-9(8)15-11/h3-6H,2H2,1H3,(H,15,16,18). The van der Waals surface area contributed by atoms with Crippen LogP contribution in [-0.2, 0) is 4.74 Å². The minimum Gasteiger partial charge on any atom is -0.450 e. The highest BCUT2D eigenvalue weighted by molar-refractivity contribution is 5.93. The molecule has 7 heteroatoms. The van der Waals surface area contributed by atoms with Gasteiger partial charge in [0.15, 0.2) is 12.1 Å². The Bertz CT molecular complexity index is 645. The first kappa shape index (κ1) is 12.9. The van der Waals surface area contributed by atoms with Crippen molar-refractivity contribution < 1.29 is 18.7 Å². The van der Waals surface area contributed by atoms with E-state index < -0.39 is 11.9 Å². The molecule has 0 saturated carbocycles. The lowest BCUT2D eigenvalue weighted by Crippen LogP contribution is -2.16. The molecule has 0 radical (unpaired) electrons. The molecule has 1 heterocycles. The first-order chi connectivity index (χ1) is 9.13. The molecule has 0 unspecified atom stereocenters. The van der Waals surface area contributed by atoms with Crippen LogP contribution < -0.4 is 5.32 Å². The lowest BCUT2D eigenvalue weighted by Gasteiger charge is -2.07. The molecular weight excluding hydrogens is 253 g/mol. The van der Waals surface area contributed by atoms with Crippen molar-refractivity contribution in [3.63, 3.8) is 0 Å². The van der Waals surface area contributed by atoms with E-state index in [-0.39, 0.29) is 23.6 Å². The predicted octanol–water partition coefficient (Wildman–Crippen LogP) is 2.15. The van der Waals surface area contributed by atoms with Gasteiger partial charge in [0.05, 0.1) is 17.6 Å². The van der Waals surface area contributed by atoms with Gasteiger partial charge in [-0.3, -0.25) is 10.1 Å². The van der Waals surface area contributed by atoms with E-state index in [2.05, 4.69) is 20.0 Å². The Labute approximate surface area is 107 Å². The Kier molecular flexibility index (Phi) is 3.65. The minimum atomic E-state index is -0.754. The van der Waals surface area contributed by atoms with E-state index in [0.29, 0.717) is 11.8 Å². The molecule has 2 aromatic rings. The van der Waals surface area contributed by atoms with Crippen LogP contribution in [0.15, 0.2) is 18.2 Å². The Morgan fingerprint density at radius 1 is 1.42 bits per heavy atom. The van der Waals surface area contributed by atoms with E-state index in [9.17, 15) is 14.0 Å². The Balaban J connectivity index is 2.46. The zero-order valence-corrected chi connectivity index (χ0v) is 10.0. The molecule has 1 N–H and O–H groups in total. The van der Waals surface area contributed by atoms with Gasteiger partial charge in [-0.05, 0) is 19.1 Å². The number of hydrogen-bond acceptors (Lipinski definition) is 5. The van der Waals surface area contributed by atoms with Crippen LogP contribution in [0.5, 0.6) is 0 Å². The fourth-order valence-electron chi connectivity index (χ4n) is 1.48. The molecule has 2 rings (SSSR count). The molecule has 0 aliphatic rings. The fraction of sp³-hybridized carbons (Fsp3) is 0.167. The number of carbonyl (C=O) groups is 2. The molecule has 0 saturated heterocycles. The summed E-state index contributed by atoms with van der Waals surface area (Å²) in [5, 5.41) is 2.29. The minimum absolute atomic E-state index is 0.0489. The second kappa shape index (κ2) is 5.38. The third kappa shape index (κ3) is 2.82. The fourth-order valence-corrected chi connectivity index (χ4v) is 1.48. The number of ether oxygens (including phenoxy) is 1. The lowest BCUT2D eigenvalue weighted by molar-refractivity contribution is 0.112. The molecular formula is C12H10FN3O3. The number of halogens is 1. The van der Waals surface area contributed by atoms with E-state index in [0.717, 1.165) is 6.07 Å². The van der Waals surface area contributed by atoms with Crippen LogP contribution in [-0.4, -0.2) is 29.0 Å². The number of carbonyl (C=O) groups excluding carboxylic acids is 2. The average Bonchev–Trinajstić information content (AvgIpc) is 2.38. The Morgan fingerprint density at radius 2 is 2.21 bits per heavy atom. The molecule has 98 valence electrons. The summed E-state index contributed by atoms with van der Waals surface area (Å²) in [7, 11) is 0. The number of amides is 1. The van der Waals surface area contributed by atoms with Crippen LogP contribution >= 0.6 is 0 Å². The van der Waals surface area contributed by atoms with Gasteiger partial charge in [-0.25, -0.2) is 19.2 Å². The summed E-state index contributed by atoms with van der Waals surface area (Å²) in [6, 6.07) is 3.77. The summed E-state index contributed by atoms with van der Waals surface area (Å²) in [6.45, 7) is 1.82. The van der Waals surface area contributed by atoms with Crippen molar-refractivity contribution in [1.29, 1.82) is 0 Å². The van der Waals surface area contributed by atoms with Crippen molar-refractivity contribution >= 4 is 29.2 Å². The van der Waals surface area contributed by atoms with E-state index in [4.69, 9.17) is 0 Å². The molecule has 0 fully saturated rings. The zero-order valence-electron chi connectivity index (χ0n) is 10.0. The Hall–Kier alpha value is -2.57. The molecule has 1 aromatic heterocycles. The molecule has 0 spiro atoms. The molecule has 0 aliphatic carbocycles. The van der Waals surface area contributed by atoms with Gasteiger partial charge in [0.25, 0.3) is 0 Å². The number of nitrogens with zero attached hydrogens (tertiary/aromatic N) is 2. The van der Waals surface area contributed by atoms with E-state index in [1.807, 2.05) is 0 Å². The van der Waals surface area contributed by atoms with E-state index in [1.54, 1.807) is 6.92 Å². The highest BCUT2D eigenvalue weighted by Gasteiger charge is 2.12. The van der Waals surface area contributed by atoms with Crippen molar-refractivity contribution in [3.05, 3.63) is 29.7 Å². The number of fused-ring (bicyclic) bond motifs is 1. The zero-order chi connectivity index (χ0) is 13.8. The largest absolute Gasteiger partial charge is 0.450 e. The lowest BCUT2D eigenvalue weighted by atomic mass is 10.3. The van der Waals surface area contributed by atoms with Gasteiger partial charge in [-0.1, -0.05) is 0 Å². The highest BCUT2D eigenvalue weighted by Crippen LogP contribution is 2.17. The van der Waals surface area contributed by atoms with Gasteiger partial charge in [0, 0.05) is 6.07 Å². The normalized spacial score (nSPS) is 10.2. The van der Waals surface area contributed by atoms with Crippen molar-refractivity contribution in [2.24, 2.45) is 0 Å². The third-order valence-corrected chi connectivity index (χ3v) is 2.26. The molecule has 1 aromatic carbocycles. The number of hydrogen-bond donors (Lipinski definition) is 1. The summed E-state index contributed by atoms with van der Waals surface area (Å²) in [5.74, 6) is -0.547. The monoisotopic (exact) mass is 263 g/mol.